The van der Waals surface area contributed by atoms with E-state index in [-0.39, 0.29) is 5.91 Å². The SMILES string of the molecule is CC(C)COc1ccc(C(=O)N2CC(C)CC(C)C2)cc1. The Balaban J connectivity index is 1.99. The van der Waals surface area contributed by atoms with Crippen LogP contribution in [-0.2, 0) is 0 Å². The molecule has 116 valence electrons. The monoisotopic (exact) mass is 289 g/mol. The van der Waals surface area contributed by atoms with Crippen molar-refractivity contribution in [2.24, 2.45) is 17.8 Å². The first-order valence-electron chi connectivity index (χ1n) is 7.97. The molecule has 0 saturated carbocycles. The summed E-state index contributed by atoms with van der Waals surface area (Å²) in [5, 5.41) is 0. The van der Waals surface area contributed by atoms with Crippen LogP contribution in [0.1, 0.15) is 44.5 Å². The van der Waals surface area contributed by atoms with E-state index in [1.54, 1.807) is 0 Å². The van der Waals surface area contributed by atoms with Gasteiger partial charge in [0.2, 0.25) is 0 Å². The molecule has 1 heterocycles. The van der Waals surface area contributed by atoms with E-state index in [1.807, 2.05) is 29.2 Å². The van der Waals surface area contributed by atoms with Gasteiger partial charge < -0.3 is 9.64 Å². The Kier molecular flexibility index (Phi) is 5.27. The van der Waals surface area contributed by atoms with E-state index >= 15 is 0 Å². The van der Waals surface area contributed by atoms with E-state index in [1.165, 1.54) is 6.42 Å². The molecule has 0 radical (unpaired) electrons. The fourth-order valence-corrected chi connectivity index (χ4v) is 2.97. The number of amides is 1. The molecule has 3 nitrogen and oxygen atoms in total. The van der Waals surface area contributed by atoms with Gasteiger partial charge in [0, 0.05) is 18.7 Å². The highest BCUT2D eigenvalue weighted by Crippen LogP contribution is 2.23. The molecule has 0 aromatic heterocycles. The maximum absolute atomic E-state index is 12.6. The second-order valence-corrected chi connectivity index (χ2v) is 6.89. The van der Waals surface area contributed by atoms with Crippen molar-refractivity contribution in [1.29, 1.82) is 0 Å². The highest BCUT2D eigenvalue weighted by molar-refractivity contribution is 5.94. The zero-order chi connectivity index (χ0) is 15.4. The summed E-state index contributed by atoms with van der Waals surface area (Å²) >= 11 is 0. The number of nitrogens with zero attached hydrogens (tertiary/aromatic N) is 1. The van der Waals surface area contributed by atoms with Crippen LogP contribution in [0.2, 0.25) is 0 Å². The van der Waals surface area contributed by atoms with Gasteiger partial charge in [0.1, 0.15) is 5.75 Å². The predicted molar refractivity (Wildman–Crippen MR) is 85.6 cm³/mol. The van der Waals surface area contributed by atoms with E-state index in [4.69, 9.17) is 4.74 Å². The molecule has 0 N–H and O–H groups in total. The Bertz CT molecular complexity index is 457. The molecule has 2 atom stereocenters. The second kappa shape index (κ2) is 6.97. The van der Waals surface area contributed by atoms with Crippen LogP contribution in [0, 0.1) is 17.8 Å². The number of likely N-dealkylation sites (tertiary alicyclic amines) is 1. The van der Waals surface area contributed by atoms with Crippen LogP contribution in [0.4, 0.5) is 0 Å². The molecule has 1 aromatic carbocycles. The minimum atomic E-state index is 0.142. The quantitative estimate of drug-likeness (QED) is 0.843. The van der Waals surface area contributed by atoms with Crippen molar-refractivity contribution in [3.63, 3.8) is 0 Å². The Labute approximate surface area is 128 Å². The molecule has 1 aliphatic rings. The van der Waals surface area contributed by atoms with Crippen LogP contribution in [0.25, 0.3) is 0 Å². The van der Waals surface area contributed by atoms with Gasteiger partial charge >= 0.3 is 0 Å². The van der Waals surface area contributed by atoms with Crippen LogP contribution in [0.3, 0.4) is 0 Å². The van der Waals surface area contributed by atoms with Crippen LogP contribution in [0.5, 0.6) is 5.75 Å². The average Bonchev–Trinajstić information content (AvgIpc) is 2.44. The van der Waals surface area contributed by atoms with Gasteiger partial charge in [-0.1, -0.05) is 27.7 Å². The molecule has 0 bridgehead atoms. The fraction of sp³-hybridized carbons (Fsp3) is 0.611. The summed E-state index contributed by atoms with van der Waals surface area (Å²) in [6, 6.07) is 7.54. The van der Waals surface area contributed by atoms with Gasteiger partial charge in [0.05, 0.1) is 6.61 Å². The number of hydrogen-bond acceptors (Lipinski definition) is 2. The average molecular weight is 289 g/mol. The smallest absolute Gasteiger partial charge is 0.253 e. The summed E-state index contributed by atoms with van der Waals surface area (Å²) < 4.78 is 5.66. The zero-order valence-electron chi connectivity index (χ0n) is 13.6. The molecule has 1 aromatic rings. The lowest BCUT2D eigenvalue weighted by molar-refractivity contribution is 0.0623. The van der Waals surface area contributed by atoms with Crippen molar-refractivity contribution in [2.45, 2.75) is 34.1 Å². The third-order valence-electron chi connectivity index (χ3n) is 3.84. The lowest BCUT2D eigenvalue weighted by Gasteiger charge is -2.35. The van der Waals surface area contributed by atoms with E-state index < -0.39 is 0 Å². The van der Waals surface area contributed by atoms with Crippen molar-refractivity contribution in [3.05, 3.63) is 29.8 Å². The van der Waals surface area contributed by atoms with Gasteiger partial charge in [-0.3, -0.25) is 4.79 Å². The zero-order valence-corrected chi connectivity index (χ0v) is 13.6. The van der Waals surface area contributed by atoms with Crippen molar-refractivity contribution in [3.8, 4) is 5.75 Å². The number of hydrogen-bond donors (Lipinski definition) is 0. The largest absolute Gasteiger partial charge is 0.493 e. The van der Waals surface area contributed by atoms with Crippen LogP contribution < -0.4 is 4.74 Å². The standard InChI is InChI=1S/C18H27NO2/c1-13(2)12-21-17-7-5-16(6-8-17)18(20)19-10-14(3)9-15(4)11-19/h5-8,13-15H,9-12H2,1-4H3. The molecule has 1 fully saturated rings. The maximum atomic E-state index is 12.6. The molecule has 21 heavy (non-hydrogen) atoms. The molecule has 0 spiro atoms. The Morgan fingerprint density at radius 2 is 1.76 bits per heavy atom. The molecular formula is C18H27NO2. The second-order valence-electron chi connectivity index (χ2n) is 6.89. The number of carbonyl (C=O) groups is 1. The van der Waals surface area contributed by atoms with E-state index in [0.29, 0.717) is 24.4 Å². The maximum Gasteiger partial charge on any atom is 0.253 e. The number of piperidine rings is 1. The van der Waals surface area contributed by atoms with Gasteiger partial charge in [0.25, 0.3) is 5.91 Å². The van der Waals surface area contributed by atoms with E-state index in [9.17, 15) is 4.79 Å². The normalized spacial score (nSPS) is 22.4. The third kappa shape index (κ3) is 4.48. The third-order valence-corrected chi connectivity index (χ3v) is 3.84. The van der Waals surface area contributed by atoms with Crippen molar-refractivity contribution >= 4 is 5.91 Å². The molecule has 2 unspecified atom stereocenters. The van der Waals surface area contributed by atoms with Crippen molar-refractivity contribution in [2.75, 3.05) is 19.7 Å². The topological polar surface area (TPSA) is 29.5 Å². The first-order chi connectivity index (χ1) is 9.95. The van der Waals surface area contributed by atoms with Crippen LogP contribution in [0.15, 0.2) is 24.3 Å². The summed E-state index contributed by atoms with van der Waals surface area (Å²) in [5.41, 5.74) is 0.758. The van der Waals surface area contributed by atoms with Gasteiger partial charge in [0.15, 0.2) is 0 Å². The number of rotatable bonds is 4. The van der Waals surface area contributed by atoms with Gasteiger partial charge in [-0.15, -0.1) is 0 Å². The number of benzene rings is 1. The van der Waals surface area contributed by atoms with E-state index in [0.717, 1.165) is 24.4 Å². The fourth-order valence-electron chi connectivity index (χ4n) is 2.97. The van der Waals surface area contributed by atoms with Crippen molar-refractivity contribution in [1.82, 2.24) is 4.90 Å². The highest BCUT2D eigenvalue weighted by Gasteiger charge is 2.25. The van der Waals surface area contributed by atoms with Gasteiger partial charge in [-0.05, 0) is 48.4 Å². The van der Waals surface area contributed by atoms with Gasteiger partial charge in [-0.25, -0.2) is 0 Å². The summed E-state index contributed by atoms with van der Waals surface area (Å²) in [4.78, 5) is 14.5. The predicted octanol–water partition coefficient (Wildman–Crippen LogP) is 3.84. The molecule has 1 aliphatic heterocycles. The minimum absolute atomic E-state index is 0.142. The van der Waals surface area contributed by atoms with Crippen LogP contribution >= 0.6 is 0 Å². The Hall–Kier alpha value is -1.51. The minimum Gasteiger partial charge on any atom is -0.493 e. The number of carbonyl (C=O) groups excluding carboxylic acids is 1. The lowest BCUT2D eigenvalue weighted by Crippen LogP contribution is -2.42. The van der Waals surface area contributed by atoms with Crippen LogP contribution in [-0.4, -0.2) is 30.5 Å². The summed E-state index contributed by atoms with van der Waals surface area (Å²) in [5.74, 6) is 2.66. The molecule has 3 heteroatoms. The summed E-state index contributed by atoms with van der Waals surface area (Å²) in [6.07, 6.45) is 1.21. The molecule has 1 saturated heterocycles. The highest BCUT2D eigenvalue weighted by atomic mass is 16.5. The lowest BCUT2D eigenvalue weighted by atomic mass is 9.91. The van der Waals surface area contributed by atoms with Gasteiger partial charge in [-0.2, -0.15) is 0 Å². The Morgan fingerprint density at radius 3 is 2.29 bits per heavy atom. The van der Waals surface area contributed by atoms with E-state index in [2.05, 4.69) is 27.7 Å². The van der Waals surface area contributed by atoms with Crippen molar-refractivity contribution < 1.29 is 9.53 Å². The molecule has 0 aliphatic carbocycles. The number of ether oxygens (including phenoxy) is 1. The molecule has 2 rings (SSSR count). The first-order valence-corrected chi connectivity index (χ1v) is 7.97. The molecule has 1 amide bonds. The summed E-state index contributed by atoms with van der Waals surface area (Å²) in [7, 11) is 0. The molecular weight excluding hydrogens is 262 g/mol. The Morgan fingerprint density at radius 1 is 1.19 bits per heavy atom. The summed E-state index contributed by atoms with van der Waals surface area (Å²) in [6.45, 7) is 11.1. The first kappa shape index (κ1) is 15.9.